The minimum Gasteiger partial charge on any atom is -0.508 e. The highest BCUT2D eigenvalue weighted by Gasteiger charge is 2.29. The first-order valence-corrected chi connectivity index (χ1v) is 12.2. The van der Waals surface area contributed by atoms with Crippen molar-refractivity contribution in [1.82, 2.24) is 16.0 Å². The molecule has 0 radical (unpaired) electrons. The van der Waals surface area contributed by atoms with Gasteiger partial charge in [0.2, 0.25) is 23.6 Å². The van der Waals surface area contributed by atoms with Gasteiger partial charge in [-0.15, -0.1) is 0 Å². The number of aliphatic imine (C=N–C) groups is 1. The van der Waals surface area contributed by atoms with E-state index in [0.29, 0.717) is 17.5 Å². The van der Waals surface area contributed by atoms with E-state index in [0.717, 1.165) is 0 Å². The lowest BCUT2D eigenvalue weighted by Gasteiger charge is -2.25. The van der Waals surface area contributed by atoms with Crippen LogP contribution in [0, 0.1) is 0 Å². The van der Waals surface area contributed by atoms with Crippen molar-refractivity contribution in [2.75, 3.05) is 6.54 Å². The standard InChI is InChI=1S/C26H35N7O6/c1-15(34)31-22(14-17-6-10-19(36)11-7-17)25(39)32-20(3-2-12-30-26(28)29)24(38)33-21(23(27)37)13-16-4-8-18(35)9-5-16/h4-11,20-22,35-36H,2-3,12-14H2,1H3,(H2,27,37)(H,31,34)(H,32,39)(H,33,38)(H4,28,29,30)/t20-,21?,22?/m0/s1. The summed E-state index contributed by atoms with van der Waals surface area (Å²) in [6, 6.07) is 8.97. The molecule has 2 aromatic rings. The molecule has 0 spiro atoms. The van der Waals surface area contributed by atoms with Crippen LogP contribution in [0.15, 0.2) is 53.5 Å². The molecule has 0 aliphatic carbocycles. The molecule has 2 rings (SSSR count). The van der Waals surface area contributed by atoms with Crippen molar-refractivity contribution < 1.29 is 29.4 Å². The Kier molecular flexibility index (Phi) is 11.5. The second-order valence-corrected chi connectivity index (χ2v) is 8.97. The minimum atomic E-state index is -1.11. The van der Waals surface area contributed by atoms with E-state index in [9.17, 15) is 29.4 Å². The molecule has 13 heteroatoms. The van der Waals surface area contributed by atoms with Crippen LogP contribution >= 0.6 is 0 Å². The highest BCUT2D eigenvalue weighted by Crippen LogP contribution is 2.13. The normalized spacial score (nSPS) is 12.8. The van der Waals surface area contributed by atoms with Gasteiger partial charge < -0.3 is 43.4 Å². The average Bonchev–Trinajstić information content (AvgIpc) is 2.86. The summed E-state index contributed by atoms with van der Waals surface area (Å²) in [5, 5.41) is 26.8. The lowest BCUT2D eigenvalue weighted by atomic mass is 10.0. The van der Waals surface area contributed by atoms with Gasteiger partial charge in [-0.3, -0.25) is 24.2 Å². The molecular formula is C26H35N7O6. The molecule has 39 heavy (non-hydrogen) atoms. The van der Waals surface area contributed by atoms with Crippen molar-refractivity contribution >= 4 is 29.6 Å². The summed E-state index contributed by atoms with van der Waals surface area (Å²) in [4.78, 5) is 54.2. The fraction of sp³-hybridized carbons (Fsp3) is 0.346. The Morgan fingerprint density at radius 3 is 1.67 bits per heavy atom. The molecule has 0 fully saturated rings. The summed E-state index contributed by atoms with van der Waals surface area (Å²) in [6.45, 7) is 1.45. The molecule has 4 amide bonds. The third-order valence-corrected chi connectivity index (χ3v) is 5.68. The van der Waals surface area contributed by atoms with Gasteiger partial charge in [0.15, 0.2) is 5.96 Å². The molecule has 0 bridgehead atoms. The Balaban J connectivity index is 2.20. The number of nitrogens with one attached hydrogen (secondary N) is 3. The van der Waals surface area contributed by atoms with E-state index < -0.39 is 41.8 Å². The maximum Gasteiger partial charge on any atom is 0.243 e. The predicted molar refractivity (Wildman–Crippen MR) is 144 cm³/mol. The number of phenolic OH excluding ortho intramolecular Hbond substituents is 2. The molecule has 0 saturated carbocycles. The van der Waals surface area contributed by atoms with Gasteiger partial charge in [0.1, 0.15) is 29.6 Å². The number of amides is 4. The van der Waals surface area contributed by atoms with Gasteiger partial charge >= 0.3 is 0 Å². The monoisotopic (exact) mass is 541 g/mol. The van der Waals surface area contributed by atoms with Gasteiger partial charge in [-0.25, -0.2) is 0 Å². The van der Waals surface area contributed by atoms with E-state index in [-0.39, 0.29) is 43.3 Å². The molecule has 210 valence electrons. The van der Waals surface area contributed by atoms with E-state index in [1.807, 2.05) is 0 Å². The molecule has 0 heterocycles. The van der Waals surface area contributed by atoms with Crippen molar-refractivity contribution in [2.45, 2.75) is 50.7 Å². The summed E-state index contributed by atoms with van der Waals surface area (Å²) in [5.41, 5.74) is 17.5. The number of phenols is 2. The van der Waals surface area contributed by atoms with Crippen molar-refractivity contribution in [2.24, 2.45) is 22.2 Å². The van der Waals surface area contributed by atoms with Crippen LogP contribution in [0.2, 0.25) is 0 Å². The van der Waals surface area contributed by atoms with E-state index in [1.54, 1.807) is 24.3 Å². The van der Waals surface area contributed by atoms with E-state index in [2.05, 4.69) is 20.9 Å². The first-order chi connectivity index (χ1) is 18.4. The number of aromatic hydroxyl groups is 2. The van der Waals surface area contributed by atoms with Crippen LogP contribution in [0.5, 0.6) is 11.5 Å². The molecule has 0 aliphatic heterocycles. The molecule has 13 nitrogen and oxygen atoms in total. The first kappa shape index (κ1) is 30.4. The number of primary amides is 1. The van der Waals surface area contributed by atoms with Crippen molar-refractivity contribution in [3.63, 3.8) is 0 Å². The van der Waals surface area contributed by atoms with Crippen LogP contribution < -0.4 is 33.2 Å². The van der Waals surface area contributed by atoms with Crippen molar-refractivity contribution in [3.05, 3.63) is 59.7 Å². The van der Waals surface area contributed by atoms with Gasteiger partial charge in [0.05, 0.1) is 0 Å². The summed E-state index contributed by atoms with van der Waals surface area (Å²) >= 11 is 0. The zero-order chi connectivity index (χ0) is 28.9. The van der Waals surface area contributed by atoms with E-state index in [1.165, 1.54) is 31.2 Å². The largest absolute Gasteiger partial charge is 0.508 e. The Labute approximate surface area is 225 Å². The second kappa shape index (κ2) is 14.8. The van der Waals surface area contributed by atoms with Crippen LogP contribution in [0.3, 0.4) is 0 Å². The highest BCUT2D eigenvalue weighted by molar-refractivity contribution is 5.94. The van der Waals surface area contributed by atoms with Crippen LogP contribution in [-0.4, -0.2) is 64.5 Å². The molecule has 3 atom stereocenters. The number of rotatable bonds is 14. The fourth-order valence-electron chi connectivity index (χ4n) is 3.73. The summed E-state index contributed by atoms with van der Waals surface area (Å²) in [5.74, 6) is -2.56. The number of hydrogen-bond donors (Lipinski definition) is 8. The Morgan fingerprint density at radius 1 is 0.744 bits per heavy atom. The minimum absolute atomic E-state index is 0.0444. The van der Waals surface area contributed by atoms with Gasteiger partial charge in [-0.2, -0.15) is 0 Å². The van der Waals surface area contributed by atoms with Crippen LogP contribution in [0.1, 0.15) is 30.9 Å². The molecule has 0 aromatic heterocycles. The number of nitrogens with zero attached hydrogens (tertiary/aromatic N) is 1. The number of benzene rings is 2. The van der Waals surface area contributed by atoms with Crippen molar-refractivity contribution in [3.8, 4) is 11.5 Å². The molecule has 2 aromatic carbocycles. The fourth-order valence-corrected chi connectivity index (χ4v) is 3.73. The Hall–Kier alpha value is -4.81. The van der Waals surface area contributed by atoms with Crippen LogP contribution in [-0.2, 0) is 32.0 Å². The number of guanidine groups is 1. The van der Waals surface area contributed by atoms with Gasteiger partial charge in [-0.05, 0) is 48.2 Å². The lowest BCUT2D eigenvalue weighted by Crippen LogP contribution is -2.57. The summed E-state index contributed by atoms with van der Waals surface area (Å²) in [6.07, 6.45) is 0.591. The third kappa shape index (κ3) is 11.0. The quantitative estimate of drug-likeness (QED) is 0.0827. The Morgan fingerprint density at radius 2 is 1.21 bits per heavy atom. The third-order valence-electron chi connectivity index (χ3n) is 5.68. The number of nitrogens with two attached hydrogens (primary N) is 3. The topological polar surface area (TPSA) is 235 Å². The lowest BCUT2D eigenvalue weighted by molar-refractivity contribution is -0.133. The molecule has 2 unspecified atom stereocenters. The van der Waals surface area contributed by atoms with E-state index >= 15 is 0 Å². The smallest absolute Gasteiger partial charge is 0.243 e. The average molecular weight is 542 g/mol. The summed E-state index contributed by atoms with van der Waals surface area (Å²) < 4.78 is 0. The number of carbonyl (C=O) groups is 4. The molecular weight excluding hydrogens is 506 g/mol. The molecule has 0 aliphatic rings. The highest BCUT2D eigenvalue weighted by atomic mass is 16.3. The van der Waals surface area contributed by atoms with Crippen molar-refractivity contribution in [1.29, 1.82) is 0 Å². The first-order valence-electron chi connectivity index (χ1n) is 12.2. The number of carbonyl (C=O) groups excluding carboxylic acids is 4. The predicted octanol–water partition coefficient (Wildman–Crippen LogP) is -1.10. The zero-order valence-corrected chi connectivity index (χ0v) is 21.6. The zero-order valence-electron chi connectivity index (χ0n) is 21.6. The van der Waals surface area contributed by atoms with Gasteiger partial charge in [0.25, 0.3) is 0 Å². The van der Waals surface area contributed by atoms with E-state index in [4.69, 9.17) is 17.2 Å². The maximum atomic E-state index is 13.2. The second-order valence-electron chi connectivity index (χ2n) is 8.97. The Bertz CT molecular complexity index is 1160. The molecule has 0 saturated heterocycles. The van der Waals surface area contributed by atoms with Crippen LogP contribution in [0.4, 0.5) is 0 Å². The SMILES string of the molecule is CC(=O)NC(Cc1ccc(O)cc1)C(=O)N[C@@H](CCCN=C(N)N)C(=O)NC(Cc1ccc(O)cc1)C(N)=O. The van der Waals surface area contributed by atoms with Crippen LogP contribution in [0.25, 0.3) is 0 Å². The number of hydrogen-bond acceptors (Lipinski definition) is 7. The van der Waals surface area contributed by atoms with Gasteiger partial charge in [-0.1, -0.05) is 24.3 Å². The maximum absolute atomic E-state index is 13.2. The van der Waals surface area contributed by atoms with Gasteiger partial charge in [0, 0.05) is 26.3 Å². The summed E-state index contributed by atoms with van der Waals surface area (Å²) in [7, 11) is 0. The molecule has 11 N–H and O–H groups in total.